The summed E-state index contributed by atoms with van der Waals surface area (Å²) in [5.41, 5.74) is 1.18. The van der Waals surface area contributed by atoms with Gasteiger partial charge in [-0.15, -0.1) is 11.3 Å². The van der Waals surface area contributed by atoms with Gasteiger partial charge in [0.25, 0.3) is 0 Å². The first-order valence-electron chi connectivity index (χ1n) is 7.70. The summed E-state index contributed by atoms with van der Waals surface area (Å²) < 4.78 is 31.1. The minimum absolute atomic E-state index is 0.0126. The minimum Gasteiger partial charge on any atom is -0.456 e. The van der Waals surface area contributed by atoms with E-state index < -0.39 is 16.0 Å². The van der Waals surface area contributed by atoms with E-state index in [9.17, 15) is 13.2 Å². The molecule has 1 heterocycles. The van der Waals surface area contributed by atoms with E-state index in [-0.39, 0.29) is 17.1 Å². The molecule has 26 heavy (non-hydrogen) atoms. The maximum Gasteiger partial charge on any atom is 0.338 e. The highest BCUT2D eigenvalue weighted by Gasteiger charge is 2.15. The molecule has 3 rings (SSSR count). The van der Waals surface area contributed by atoms with Crippen molar-refractivity contribution in [3.05, 3.63) is 71.2 Å². The highest BCUT2D eigenvalue weighted by Crippen LogP contribution is 2.25. The molecule has 8 heteroatoms. The van der Waals surface area contributed by atoms with Crippen LogP contribution in [0.4, 0.5) is 0 Å². The number of carbonyl (C=O) groups is 1. The fraction of sp³-hybridized carbons (Fsp3) is 0.111. The van der Waals surface area contributed by atoms with Crippen LogP contribution in [0.5, 0.6) is 0 Å². The third kappa shape index (κ3) is 4.16. The van der Waals surface area contributed by atoms with E-state index in [1.165, 1.54) is 42.6 Å². The molecule has 3 aromatic rings. The smallest absolute Gasteiger partial charge is 0.338 e. The minimum atomic E-state index is -3.61. The van der Waals surface area contributed by atoms with Crippen molar-refractivity contribution in [2.75, 3.05) is 7.05 Å². The standard InChI is InChI=1S/C18H16N2O4S2/c1-19-26(22,23)16-9-5-8-14(10-16)18(21)24-12-15-11-20-17(25-15)13-6-3-2-4-7-13/h2-11,19H,12H2,1H3. The van der Waals surface area contributed by atoms with Gasteiger partial charge in [0.1, 0.15) is 11.6 Å². The van der Waals surface area contributed by atoms with Gasteiger partial charge in [-0.3, -0.25) is 0 Å². The van der Waals surface area contributed by atoms with Crippen LogP contribution in [-0.4, -0.2) is 26.4 Å². The Morgan fingerprint density at radius 1 is 1.15 bits per heavy atom. The van der Waals surface area contributed by atoms with E-state index in [0.29, 0.717) is 0 Å². The molecule has 0 amide bonds. The molecule has 1 aromatic heterocycles. The van der Waals surface area contributed by atoms with Crippen LogP contribution >= 0.6 is 11.3 Å². The zero-order valence-electron chi connectivity index (χ0n) is 13.9. The molecule has 0 spiro atoms. The maximum absolute atomic E-state index is 12.2. The fourth-order valence-electron chi connectivity index (χ4n) is 2.22. The van der Waals surface area contributed by atoms with Crippen LogP contribution in [0.3, 0.4) is 0 Å². The predicted octanol–water partition coefficient (Wildman–Crippen LogP) is 3.08. The van der Waals surface area contributed by atoms with Gasteiger partial charge < -0.3 is 4.74 Å². The van der Waals surface area contributed by atoms with Crippen LogP contribution in [-0.2, 0) is 21.4 Å². The number of ether oxygens (including phenoxy) is 1. The average Bonchev–Trinajstić information content (AvgIpc) is 3.16. The van der Waals surface area contributed by atoms with Crippen LogP contribution < -0.4 is 4.72 Å². The first-order chi connectivity index (χ1) is 12.5. The van der Waals surface area contributed by atoms with Crippen LogP contribution in [0.15, 0.2) is 65.7 Å². The molecule has 0 unspecified atom stereocenters. The van der Waals surface area contributed by atoms with Crippen molar-refractivity contribution >= 4 is 27.3 Å². The molecular weight excluding hydrogens is 372 g/mol. The molecule has 0 saturated carbocycles. The molecule has 1 N–H and O–H groups in total. The van der Waals surface area contributed by atoms with E-state index in [2.05, 4.69) is 9.71 Å². The summed E-state index contributed by atoms with van der Waals surface area (Å²) in [4.78, 5) is 17.4. The van der Waals surface area contributed by atoms with Gasteiger partial charge in [-0.2, -0.15) is 0 Å². The Morgan fingerprint density at radius 3 is 2.65 bits per heavy atom. The summed E-state index contributed by atoms with van der Waals surface area (Å²) in [5.74, 6) is -0.590. The summed E-state index contributed by atoms with van der Waals surface area (Å²) in [7, 11) is -2.30. The lowest BCUT2D eigenvalue weighted by molar-refractivity contribution is 0.0476. The highest BCUT2D eigenvalue weighted by atomic mass is 32.2. The quantitative estimate of drug-likeness (QED) is 0.656. The Hall–Kier alpha value is -2.55. The first kappa shape index (κ1) is 18.2. The number of carbonyl (C=O) groups excluding carboxylic acids is 1. The second kappa shape index (κ2) is 7.77. The molecule has 2 aromatic carbocycles. The fourth-order valence-corrected chi connectivity index (χ4v) is 3.82. The number of nitrogens with zero attached hydrogens (tertiary/aromatic N) is 1. The molecule has 0 fully saturated rings. The molecular formula is C18H16N2O4S2. The zero-order valence-corrected chi connectivity index (χ0v) is 15.5. The van der Waals surface area contributed by atoms with Gasteiger partial charge in [0, 0.05) is 11.8 Å². The Labute approximate surface area is 155 Å². The normalized spacial score (nSPS) is 11.3. The molecule has 0 bridgehead atoms. The Balaban J connectivity index is 1.68. The molecule has 0 saturated heterocycles. The largest absolute Gasteiger partial charge is 0.456 e. The second-order valence-corrected chi connectivity index (χ2v) is 8.31. The number of sulfonamides is 1. The van der Waals surface area contributed by atoms with E-state index in [4.69, 9.17) is 4.74 Å². The van der Waals surface area contributed by atoms with Crippen LogP contribution in [0, 0.1) is 0 Å². The van der Waals surface area contributed by atoms with Gasteiger partial charge in [0.15, 0.2) is 0 Å². The second-order valence-electron chi connectivity index (χ2n) is 5.31. The summed E-state index contributed by atoms with van der Waals surface area (Å²) in [6.07, 6.45) is 1.67. The molecule has 6 nitrogen and oxygen atoms in total. The molecule has 134 valence electrons. The molecule has 0 aliphatic carbocycles. The van der Waals surface area contributed by atoms with Gasteiger partial charge in [0.2, 0.25) is 10.0 Å². The maximum atomic E-state index is 12.2. The Bertz CT molecular complexity index is 1010. The van der Waals surface area contributed by atoms with Crippen molar-refractivity contribution in [1.29, 1.82) is 0 Å². The lowest BCUT2D eigenvalue weighted by Crippen LogP contribution is -2.19. The summed E-state index contributed by atoms with van der Waals surface area (Å²) >= 11 is 1.44. The number of esters is 1. The van der Waals surface area contributed by atoms with E-state index in [1.807, 2.05) is 30.3 Å². The first-order valence-corrected chi connectivity index (χ1v) is 10.0. The highest BCUT2D eigenvalue weighted by molar-refractivity contribution is 7.89. The van der Waals surface area contributed by atoms with Crippen molar-refractivity contribution in [2.24, 2.45) is 0 Å². The number of benzene rings is 2. The number of nitrogens with one attached hydrogen (secondary N) is 1. The molecule has 0 aliphatic heterocycles. The van der Waals surface area contributed by atoms with E-state index in [1.54, 1.807) is 6.20 Å². The Kier molecular flexibility index (Phi) is 5.46. The number of aromatic nitrogens is 1. The molecule has 0 radical (unpaired) electrons. The summed E-state index contributed by atoms with van der Waals surface area (Å²) in [6, 6.07) is 15.4. The van der Waals surface area contributed by atoms with Crippen LogP contribution in [0.1, 0.15) is 15.2 Å². The lowest BCUT2D eigenvalue weighted by Gasteiger charge is -2.06. The molecule has 0 atom stereocenters. The predicted molar refractivity (Wildman–Crippen MR) is 99.4 cm³/mol. The van der Waals surface area contributed by atoms with Crippen molar-refractivity contribution in [2.45, 2.75) is 11.5 Å². The lowest BCUT2D eigenvalue weighted by atomic mass is 10.2. The third-order valence-electron chi connectivity index (χ3n) is 3.57. The van der Waals surface area contributed by atoms with Gasteiger partial charge >= 0.3 is 5.97 Å². The van der Waals surface area contributed by atoms with Gasteiger partial charge in [-0.25, -0.2) is 22.9 Å². The van der Waals surface area contributed by atoms with Gasteiger partial charge in [-0.1, -0.05) is 36.4 Å². The van der Waals surface area contributed by atoms with Crippen molar-refractivity contribution in [1.82, 2.24) is 9.71 Å². The van der Waals surface area contributed by atoms with Crippen molar-refractivity contribution in [3.63, 3.8) is 0 Å². The van der Waals surface area contributed by atoms with Gasteiger partial charge in [-0.05, 0) is 25.2 Å². The van der Waals surface area contributed by atoms with Crippen LogP contribution in [0.2, 0.25) is 0 Å². The number of hydrogen-bond acceptors (Lipinski definition) is 6. The van der Waals surface area contributed by atoms with E-state index >= 15 is 0 Å². The molecule has 0 aliphatic rings. The summed E-state index contributed by atoms with van der Waals surface area (Å²) in [6.45, 7) is 0.0757. The van der Waals surface area contributed by atoms with Crippen LogP contribution in [0.25, 0.3) is 10.6 Å². The Morgan fingerprint density at radius 2 is 1.92 bits per heavy atom. The van der Waals surface area contributed by atoms with Crippen molar-refractivity contribution in [3.8, 4) is 10.6 Å². The average molecular weight is 388 g/mol. The SMILES string of the molecule is CNS(=O)(=O)c1cccc(C(=O)OCc2cnc(-c3ccccc3)s2)c1. The van der Waals surface area contributed by atoms with Crippen molar-refractivity contribution < 1.29 is 17.9 Å². The van der Waals surface area contributed by atoms with Gasteiger partial charge in [0.05, 0.1) is 15.3 Å². The summed E-state index contributed by atoms with van der Waals surface area (Å²) in [5, 5.41) is 0.846. The zero-order chi connectivity index (χ0) is 18.6. The topological polar surface area (TPSA) is 85.4 Å². The monoisotopic (exact) mass is 388 g/mol. The number of rotatable bonds is 6. The number of hydrogen-bond donors (Lipinski definition) is 1. The third-order valence-corrected chi connectivity index (χ3v) is 6.00. The van der Waals surface area contributed by atoms with E-state index in [0.717, 1.165) is 15.4 Å². The number of thiazole rings is 1.